The Morgan fingerprint density at radius 2 is 1.61 bits per heavy atom. The summed E-state index contributed by atoms with van der Waals surface area (Å²) in [4.78, 5) is 15.7. The van der Waals surface area contributed by atoms with Gasteiger partial charge in [0.15, 0.2) is 17.3 Å². The normalized spacial score (nSPS) is 15.2. The van der Waals surface area contributed by atoms with Gasteiger partial charge in [0.05, 0.1) is 26.8 Å². The van der Waals surface area contributed by atoms with Crippen molar-refractivity contribution in [2.45, 2.75) is 18.8 Å². The van der Waals surface area contributed by atoms with Gasteiger partial charge in [0, 0.05) is 22.7 Å². The van der Waals surface area contributed by atoms with E-state index in [1.807, 2.05) is 24.4 Å². The molecule has 1 fully saturated rings. The van der Waals surface area contributed by atoms with E-state index in [1.165, 1.54) is 26.9 Å². The van der Waals surface area contributed by atoms with Crippen LogP contribution in [0.5, 0.6) is 17.2 Å². The number of ether oxygens (including phenoxy) is 3. The Hall–Kier alpha value is -3.19. The number of hydrogen-bond acceptors (Lipinski definition) is 6. The van der Waals surface area contributed by atoms with Crippen LogP contribution in [0.15, 0.2) is 36.5 Å². The number of carbonyl (C=O) groups is 1. The molecular weight excluding hydrogens is 394 g/mol. The number of carbonyl (C=O) groups excluding carboxylic acids is 1. The highest BCUT2D eigenvalue weighted by molar-refractivity contribution is 6.11. The maximum absolute atomic E-state index is 13.4. The molecule has 0 saturated carbocycles. The lowest BCUT2D eigenvalue weighted by Crippen LogP contribution is -2.29. The number of fused-ring (bicyclic) bond motifs is 1. The van der Waals surface area contributed by atoms with Crippen LogP contribution in [0.1, 0.15) is 40.2 Å². The minimum absolute atomic E-state index is 0.111. The summed E-state index contributed by atoms with van der Waals surface area (Å²) in [6, 6.07) is 9.05. The lowest BCUT2D eigenvalue weighted by molar-refractivity contribution is 0.103. The van der Waals surface area contributed by atoms with Gasteiger partial charge in [-0.2, -0.15) is 0 Å². The van der Waals surface area contributed by atoms with Crippen molar-refractivity contribution in [3.05, 3.63) is 53.2 Å². The molecule has 0 aliphatic carbocycles. The fourth-order valence-corrected chi connectivity index (χ4v) is 4.45. The van der Waals surface area contributed by atoms with Crippen LogP contribution in [-0.2, 0) is 0 Å². The maximum atomic E-state index is 13.4. The molecule has 2 heterocycles. The molecule has 1 aliphatic heterocycles. The summed E-state index contributed by atoms with van der Waals surface area (Å²) in [5.41, 5.74) is 3.21. The average molecular weight is 424 g/mol. The molecule has 7 heteroatoms. The molecule has 1 aliphatic rings. The highest BCUT2D eigenvalue weighted by Crippen LogP contribution is 2.39. The number of nitrogens with zero attached hydrogens (tertiary/aromatic N) is 2. The number of piperidine rings is 1. The topological polar surface area (TPSA) is 79.0 Å². The zero-order valence-electron chi connectivity index (χ0n) is 18.5. The second kappa shape index (κ2) is 8.51. The van der Waals surface area contributed by atoms with E-state index in [0.717, 1.165) is 36.8 Å². The molecule has 0 spiro atoms. The van der Waals surface area contributed by atoms with E-state index in [2.05, 4.69) is 11.9 Å². The Balaban J connectivity index is 1.75. The van der Waals surface area contributed by atoms with Gasteiger partial charge in [0.1, 0.15) is 0 Å². The molecule has 7 nitrogen and oxygen atoms in total. The van der Waals surface area contributed by atoms with Crippen LogP contribution >= 0.6 is 0 Å². The van der Waals surface area contributed by atoms with Crippen LogP contribution < -0.4 is 20.1 Å². The summed E-state index contributed by atoms with van der Waals surface area (Å²) in [6.07, 6.45) is 4.18. The Morgan fingerprint density at radius 1 is 0.968 bits per heavy atom. The fraction of sp³-hybridized carbons (Fsp3) is 0.375. The summed E-state index contributed by atoms with van der Waals surface area (Å²) >= 11 is 0. The minimum atomic E-state index is -0.111. The summed E-state index contributed by atoms with van der Waals surface area (Å²) in [7, 11) is 6.76. The van der Waals surface area contributed by atoms with E-state index in [1.54, 1.807) is 16.8 Å². The number of rotatable bonds is 6. The Kier molecular flexibility index (Phi) is 5.78. The van der Waals surface area contributed by atoms with Crippen molar-refractivity contribution in [3.63, 3.8) is 0 Å². The quantitative estimate of drug-likeness (QED) is 0.483. The number of methoxy groups -OCH3 is 3. The lowest BCUT2D eigenvalue weighted by Gasteiger charge is -2.28. The molecule has 0 bridgehead atoms. The molecule has 164 valence electrons. The first-order valence-corrected chi connectivity index (χ1v) is 10.4. The molecule has 31 heavy (non-hydrogen) atoms. The van der Waals surface area contributed by atoms with Crippen molar-refractivity contribution in [3.8, 4) is 17.2 Å². The predicted molar refractivity (Wildman–Crippen MR) is 121 cm³/mol. The van der Waals surface area contributed by atoms with Gasteiger partial charge in [-0.1, -0.05) is 0 Å². The van der Waals surface area contributed by atoms with Crippen molar-refractivity contribution >= 4 is 16.7 Å². The number of aromatic nitrogens is 1. The molecule has 0 amide bonds. The first-order chi connectivity index (χ1) is 15.0. The average Bonchev–Trinajstić information content (AvgIpc) is 3.13. The number of likely N-dealkylation sites (tertiary alicyclic amines) is 1. The first kappa shape index (κ1) is 21.1. The van der Waals surface area contributed by atoms with E-state index in [0.29, 0.717) is 34.3 Å². The monoisotopic (exact) mass is 423 g/mol. The zero-order valence-corrected chi connectivity index (χ0v) is 18.5. The smallest absolute Gasteiger partial charge is 0.203 e. The van der Waals surface area contributed by atoms with Crippen molar-refractivity contribution in [2.24, 2.45) is 0 Å². The molecule has 0 unspecified atom stereocenters. The van der Waals surface area contributed by atoms with Crippen LogP contribution in [0.25, 0.3) is 10.9 Å². The Labute approximate surface area is 182 Å². The van der Waals surface area contributed by atoms with Gasteiger partial charge in [-0.15, -0.1) is 0 Å². The summed E-state index contributed by atoms with van der Waals surface area (Å²) in [5.74, 6) is 7.92. The largest absolute Gasteiger partial charge is 0.493 e. The van der Waals surface area contributed by atoms with Crippen molar-refractivity contribution in [2.75, 3.05) is 47.3 Å². The number of nitrogens with two attached hydrogens (primary N) is 1. The van der Waals surface area contributed by atoms with Crippen LogP contribution in [0.4, 0.5) is 0 Å². The van der Waals surface area contributed by atoms with Crippen molar-refractivity contribution in [1.29, 1.82) is 0 Å². The van der Waals surface area contributed by atoms with Crippen LogP contribution in [0.3, 0.4) is 0 Å². The highest BCUT2D eigenvalue weighted by atomic mass is 16.5. The Bertz CT molecular complexity index is 1090. The van der Waals surface area contributed by atoms with E-state index in [4.69, 9.17) is 20.1 Å². The van der Waals surface area contributed by atoms with Gasteiger partial charge in [-0.25, -0.2) is 0 Å². The molecule has 0 atom stereocenters. The summed E-state index contributed by atoms with van der Waals surface area (Å²) in [5, 5.41) is 1.04. The standard InChI is InChI=1S/C24H29N3O4/c1-26-9-7-15(8-10-26)19-14-27(25)20-6-5-16(11-18(19)20)23(28)17-12-21(29-2)24(31-4)22(13-17)30-3/h5-6,11-15H,7-10,25H2,1-4H3. The third-order valence-corrected chi connectivity index (χ3v) is 6.21. The maximum Gasteiger partial charge on any atom is 0.203 e. The second-order valence-corrected chi connectivity index (χ2v) is 8.04. The number of benzene rings is 2. The van der Waals surface area contributed by atoms with Gasteiger partial charge >= 0.3 is 0 Å². The molecular formula is C24H29N3O4. The van der Waals surface area contributed by atoms with E-state index < -0.39 is 0 Å². The lowest BCUT2D eigenvalue weighted by atomic mass is 9.88. The van der Waals surface area contributed by atoms with Gasteiger partial charge in [-0.05, 0) is 74.8 Å². The zero-order chi connectivity index (χ0) is 22.1. The van der Waals surface area contributed by atoms with Crippen LogP contribution in [-0.4, -0.2) is 56.8 Å². The first-order valence-electron chi connectivity index (χ1n) is 10.4. The van der Waals surface area contributed by atoms with E-state index in [-0.39, 0.29) is 5.78 Å². The molecule has 1 saturated heterocycles. The molecule has 1 aromatic heterocycles. The van der Waals surface area contributed by atoms with Gasteiger partial charge in [0.2, 0.25) is 5.75 Å². The van der Waals surface area contributed by atoms with E-state index in [9.17, 15) is 4.79 Å². The molecule has 2 N–H and O–H groups in total. The van der Waals surface area contributed by atoms with Crippen molar-refractivity contribution in [1.82, 2.24) is 9.58 Å². The van der Waals surface area contributed by atoms with Gasteiger partial charge in [0.25, 0.3) is 0 Å². The third-order valence-electron chi connectivity index (χ3n) is 6.21. The van der Waals surface area contributed by atoms with E-state index >= 15 is 0 Å². The number of nitrogen functional groups attached to an aromatic ring is 1. The Morgan fingerprint density at radius 3 is 2.19 bits per heavy atom. The summed E-state index contributed by atoms with van der Waals surface area (Å²) in [6.45, 7) is 2.12. The van der Waals surface area contributed by atoms with Crippen molar-refractivity contribution < 1.29 is 19.0 Å². The molecule has 2 aromatic carbocycles. The highest BCUT2D eigenvalue weighted by Gasteiger charge is 2.24. The fourth-order valence-electron chi connectivity index (χ4n) is 4.45. The van der Waals surface area contributed by atoms with Crippen LogP contribution in [0.2, 0.25) is 0 Å². The summed E-state index contributed by atoms with van der Waals surface area (Å²) < 4.78 is 17.8. The second-order valence-electron chi connectivity index (χ2n) is 8.04. The van der Waals surface area contributed by atoms with Crippen LogP contribution in [0, 0.1) is 0 Å². The minimum Gasteiger partial charge on any atom is -0.493 e. The number of hydrogen-bond donors (Lipinski definition) is 1. The number of ketones is 1. The third kappa shape index (κ3) is 3.81. The van der Waals surface area contributed by atoms with Gasteiger partial charge < -0.3 is 25.0 Å². The molecule has 0 radical (unpaired) electrons. The van der Waals surface area contributed by atoms with Gasteiger partial charge in [-0.3, -0.25) is 9.47 Å². The molecule has 3 aromatic rings. The SMILES string of the molecule is COc1cc(C(=O)c2ccc3c(c2)c(C2CCN(C)CC2)cn3N)cc(OC)c1OC. The predicted octanol–water partition coefficient (Wildman–Crippen LogP) is 3.42. The molecule has 4 rings (SSSR count).